The van der Waals surface area contributed by atoms with Gasteiger partial charge in [-0.1, -0.05) is 0 Å². The Morgan fingerprint density at radius 3 is 2.63 bits per heavy atom. The lowest BCUT2D eigenvalue weighted by molar-refractivity contribution is 0.415. The summed E-state index contributed by atoms with van der Waals surface area (Å²) < 4.78 is 42.6. The molecule has 0 aliphatic carbocycles. The van der Waals surface area contributed by atoms with Gasteiger partial charge < -0.3 is 10.5 Å². The van der Waals surface area contributed by atoms with Crippen LogP contribution >= 0.6 is 0 Å². The van der Waals surface area contributed by atoms with Crippen molar-refractivity contribution in [1.82, 2.24) is 4.72 Å². The second kappa shape index (κ2) is 6.36. The lowest BCUT2D eigenvalue weighted by Gasteiger charge is -2.12. The first-order valence-electron chi connectivity index (χ1n) is 5.53. The van der Waals surface area contributed by atoms with Crippen molar-refractivity contribution in [3.63, 3.8) is 0 Å². The third-order valence-electron chi connectivity index (χ3n) is 2.64. The quantitative estimate of drug-likeness (QED) is 0.738. The normalized spacial score (nSPS) is 14.9. The van der Waals surface area contributed by atoms with Gasteiger partial charge in [0.05, 0.1) is 17.7 Å². The summed E-state index contributed by atoms with van der Waals surface area (Å²) in [6.45, 7) is 1.82. The number of nitrogens with one attached hydrogen (secondary N) is 1. The first kappa shape index (κ1) is 15.9. The van der Waals surface area contributed by atoms with Gasteiger partial charge in [0, 0.05) is 34.9 Å². The van der Waals surface area contributed by atoms with Crippen molar-refractivity contribution in [3.8, 4) is 5.75 Å². The number of anilines is 1. The smallest absolute Gasteiger partial charge is 0.240 e. The van der Waals surface area contributed by atoms with Crippen LogP contribution in [0.5, 0.6) is 5.75 Å². The summed E-state index contributed by atoms with van der Waals surface area (Å²) in [4.78, 5) is 0.0626. The van der Waals surface area contributed by atoms with Gasteiger partial charge >= 0.3 is 0 Å². The number of ether oxygens (including phenoxy) is 1. The molecule has 0 aliphatic rings. The zero-order valence-electron chi connectivity index (χ0n) is 11.0. The minimum atomic E-state index is -3.66. The van der Waals surface area contributed by atoms with Crippen LogP contribution in [0.25, 0.3) is 0 Å². The Labute approximate surface area is 115 Å². The Bertz CT molecular complexity index is 572. The summed E-state index contributed by atoms with van der Waals surface area (Å²) in [7, 11) is -3.33. The Balaban J connectivity index is 2.91. The molecule has 0 fully saturated rings. The Morgan fingerprint density at radius 2 is 2.11 bits per heavy atom. The second-order valence-electron chi connectivity index (χ2n) is 4.06. The number of nitrogen functional groups attached to an aromatic ring is 1. The van der Waals surface area contributed by atoms with Crippen molar-refractivity contribution in [3.05, 3.63) is 18.2 Å². The summed E-state index contributed by atoms with van der Waals surface area (Å²) in [5.41, 5.74) is 5.99. The van der Waals surface area contributed by atoms with Crippen molar-refractivity contribution < 1.29 is 17.4 Å². The average molecular weight is 306 g/mol. The molecule has 108 valence electrons. The highest BCUT2D eigenvalue weighted by Gasteiger charge is 2.17. The van der Waals surface area contributed by atoms with Crippen molar-refractivity contribution >= 4 is 26.5 Å². The van der Waals surface area contributed by atoms with Crippen LogP contribution < -0.4 is 15.2 Å². The van der Waals surface area contributed by atoms with E-state index in [1.54, 1.807) is 6.92 Å². The minimum Gasteiger partial charge on any atom is -0.495 e. The predicted octanol–water partition coefficient (Wildman–Crippen LogP) is 0.323. The van der Waals surface area contributed by atoms with Crippen LogP contribution in [0.1, 0.15) is 6.92 Å². The summed E-state index contributed by atoms with van der Waals surface area (Å²) >= 11 is 0. The van der Waals surface area contributed by atoms with Crippen LogP contribution in [-0.4, -0.2) is 37.8 Å². The molecule has 0 aliphatic heterocycles. The first-order chi connectivity index (χ1) is 8.77. The van der Waals surface area contributed by atoms with Gasteiger partial charge in [-0.15, -0.1) is 0 Å². The fourth-order valence-corrected chi connectivity index (χ4v) is 2.86. The molecule has 1 aromatic rings. The van der Waals surface area contributed by atoms with E-state index in [0.717, 1.165) is 0 Å². The molecule has 0 bridgehead atoms. The number of nitrogens with two attached hydrogens (primary N) is 1. The van der Waals surface area contributed by atoms with Crippen LogP contribution in [0.15, 0.2) is 23.1 Å². The average Bonchev–Trinajstić information content (AvgIpc) is 2.36. The van der Waals surface area contributed by atoms with Crippen molar-refractivity contribution in [2.45, 2.75) is 17.1 Å². The fraction of sp³-hybridized carbons (Fsp3) is 0.455. The Kier molecular flexibility index (Phi) is 5.33. The zero-order chi connectivity index (χ0) is 14.6. The van der Waals surface area contributed by atoms with Crippen LogP contribution in [0.2, 0.25) is 0 Å². The molecule has 0 saturated carbocycles. The largest absolute Gasteiger partial charge is 0.495 e. The van der Waals surface area contributed by atoms with Gasteiger partial charge in [-0.3, -0.25) is 4.21 Å². The number of sulfonamides is 1. The standard InChI is InChI=1S/C11H18N2O4S2/c1-8(18(3)14)7-13-19(15,16)9-4-5-10(12)11(6-9)17-2/h4-6,8,13H,7,12H2,1-3H3. The van der Waals surface area contributed by atoms with E-state index in [0.29, 0.717) is 11.4 Å². The molecule has 1 rings (SSSR count). The molecule has 0 amide bonds. The molecule has 6 nitrogen and oxygen atoms in total. The maximum absolute atomic E-state index is 12.0. The third-order valence-corrected chi connectivity index (χ3v) is 5.36. The van der Waals surface area contributed by atoms with Gasteiger partial charge in [0.2, 0.25) is 10.0 Å². The second-order valence-corrected chi connectivity index (χ2v) is 7.63. The topological polar surface area (TPSA) is 98.5 Å². The maximum Gasteiger partial charge on any atom is 0.240 e. The van der Waals surface area contributed by atoms with Crippen LogP contribution in [0.3, 0.4) is 0 Å². The first-order valence-corrected chi connectivity index (χ1v) is 8.63. The Morgan fingerprint density at radius 1 is 1.47 bits per heavy atom. The summed E-state index contributed by atoms with van der Waals surface area (Å²) in [5.74, 6) is 0.301. The number of rotatable bonds is 6. The van der Waals surface area contributed by atoms with Gasteiger partial charge in [-0.05, 0) is 19.1 Å². The molecule has 1 aromatic carbocycles. The lowest BCUT2D eigenvalue weighted by atomic mass is 10.3. The highest BCUT2D eigenvalue weighted by molar-refractivity contribution is 7.89. The van der Waals surface area contributed by atoms with Gasteiger partial charge in [-0.2, -0.15) is 0 Å². The third kappa shape index (κ3) is 4.19. The molecule has 19 heavy (non-hydrogen) atoms. The molecular weight excluding hydrogens is 288 g/mol. The molecule has 0 spiro atoms. The monoisotopic (exact) mass is 306 g/mol. The molecule has 0 saturated heterocycles. The van der Waals surface area contributed by atoms with Crippen LogP contribution in [-0.2, 0) is 20.8 Å². The summed E-state index contributed by atoms with van der Waals surface area (Å²) in [6.07, 6.45) is 1.53. The van der Waals surface area contributed by atoms with Crippen molar-refractivity contribution in [2.24, 2.45) is 0 Å². The molecular formula is C11H18N2O4S2. The molecule has 2 unspecified atom stereocenters. The SMILES string of the molecule is COc1cc(S(=O)(=O)NCC(C)S(C)=O)ccc1N. The van der Waals surface area contributed by atoms with Gasteiger partial charge in [0.15, 0.2) is 0 Å². The van der Waals surface area contributed by atoms with Crippen molar-refractivity contribution in [2.75, 3.05) is 25.6 Å². The van der Waals surface area contributed by atoms with E-state index >= 15 is 0 Å². The zero-order valence-corrected chi connectivity index (χ0v) is 12.7. The van der Waals surface area contributed by atoms with E-state index in [2.05, 4.69) is 4.72 Å². The molecule has 2 atom stereocenters. The maximum atomic E-state index is 12.0. The van der Waals surface area contributed by atoms with E-state index in [1.165, 1.54) is 31.6 Å². The van der Waals surface area contributed by atoms with Gasteiger partial charge in [0.25, 0.3) is 0 Å². The van der Waals surface area contributed by atoms with Crippen molar-refractivity contribution in [1.29, 1.82) is 0 Å². The van der Waals surface area contributed by atoms with E-state index in [9.17, 15) is 12.6 Å². The highest BCUT2D eigenvalue weighted by Crippen LogP contribution is 2.24. The van der Waals surface area contributed by atoms with E-state index < -0.39 is 20.8 Å². The summed E-state index contributed by atoms with van der Waals surface area (Å²) in [6, 6.07) is 4.22. The lowest BCUT2D eigenvalue weighted by Crippen LogP contribution is -2.32. The number of methoxy groups -OCH3 is 1. The van der Waals surface area contributed by atoms with Gasteiger partial charge in [-0.25, -0.2) is 13.1 Å². The fourth-order valence-electron chi connectivity index (χ4n) is 1.29. The number of hydrogen-bond acceptors (Lipinski definition) is 5. The highest BCUT2D eigenvalue weighted by atomic mass is 32.2. The van der Waals surface area contributed by atoms with E-state index in [1.807, 2.05) is 0 Å². The molecule has 3 N–H and O–H groups in total. The molecule has 0 radical (unpaired) electrons. The summed E-state index contributed by atoms with van der Waals surface area (Å²) in [5, 5.41) is -0.259. The number of benzene rings is 1. The van der Waals surface area contributed by atoms with E-state index in [4.69, 9.17) is 10.5 Å². The van der Waals surface area contributed by atoms with Gasteiger partial charge in [0.1, 0.15) is 5.75 Å². The van der Waals surface area contributed by atoms with E-state index in [-0.39, 0.29) is 16.7 Å². The number of hydrogen-bond donors (Lipinski definition) is 2. The Hall–Kier alpha value is -1.12. The van der Waals surface area contributed by atoms with Crippen LogP contribution in [0, 0.1) is 0 Å². The molecule has 0 heterocycles. The predicted molar refractivity (Wildman–Crippen MR) is 76.1 cm³/mol. The molecule has 8 heteroatoms. The molecule has 0 aromatic heterocycles. The van der Waals surface area contributed by atoms with Crippen LogP contribution in [0.4, 0.5) is 5.69 Å². The minimum absolute atomic E-state index is 0.0626.